The molecule has 1 saturated heterocycles. The molecule has 18 heavy (non-hydrogen) atoms. The van der Waals surface area contributed by atoms with Crippen molar-refractivity contribution >= 4 is 17.7 Å². The molecule has 0 aromatic heterocycles. The maximum absolute atomic E-state index is 12.3. The number of nitrogens with zero attached hydrogens (tertiary/aromatic N) is 1. The van der Waals surface area contributed by atoms with Crippen LogP contribution in [0.2, 0.25) is 0 Å². The summed E-state index contributed by atoms with van der Waals surface area (Å²) in [6.07, 6.45) is 1.03. The molecule has 1 amide bonds. The lowest BCUT2D eigenvalue weighted by Crippen LogP contribution is -2.32. The van der Waals surface area contributed by atoms with Gasteiger partial charge in [0, 0.05) is 24.4 Å². The molecule has 1 heterocycles. The van der Waals surface area contributed by atoms with Gasteiger partial charge in [0.25, 0.3) is 5.91 Å². The number of ether oxygens (including phenoxy) is 1. The molecule has 1 N–H and O–H groups in total. The molecule has 0 radical (unpaired) electrons. The molecule has 0 spiro atoms. The van der Waals surface area contributed by atoms with E-state index in [9.17, 15) is 9.90 Å². The quantitative estimate of drug-likeness (QED) is 0.890. The number of benzene rings is 1. The molecule has 0 saturated carbocycles. The number of rotatable bonds is 2. The van der Waals surface area contributed by atoms with Gasteiger partial charge in [-0.3, -0.25) is 4.79 Å². The Kier molecular flexibility index (Phi) is 4.36. The Balaban J connectivity index is 2.14. The van der Waals surface area contributed by atoms with Gasteiger partial charge in [0.05, 0.1) is 7.11 Å². The number of aromatic hydroxyl groups is 1. The number of thioether (sulfide) groups is 1. The number of carbonyl (C=O) groups is 1. The molecule has 5 heteroatoms. The lowest BCUT2D eigenvalue weighted by Gasteiger charge is -2.20. The summed E-state index contributed by atoms with van der Waals surface area (Å²) in [5.74, 6) is 2.46. The molecule has 1 fully saturated rings. The molecule has 0 bridgehead atoms. The molecule has 1 aromatic rings. The first-order valence-electron chi connectivity index (χ1n) is 5.96. The predicted molar refractivity (Wildman–Crippen MR) is 72.5 cm³/mol. The standard InChI is InChI=1S/C13H17NO3S/c1-17-12-4-3-10(9-11(12)15)13(16)14-5-2-7-18-8-6-14/h3-4,9,15H,2,5-8H2,1H3. The van der Waals surface area contributed by atoms with Gasteiger partial charge in [-0.15, -0.1) is 0 Å². The SMILES string of the molecule is COc1ccc(C(=O)N2CCCSCC2)cc1O. The Morgan fingerprint density at radius 2 is 2.22 bits per heavy atom. The van der Waals surface area contributed by atoms with Crippen LogP contribution in [0.15, 0.2) is 18.2 Å². The van der Waals surface area contributed by atoms with E-state index < -0.39 is 0 Å². The average Bonchev–Trinajstić information content (AvgIpc) is 2.66. The van der Waals surface area contributed by atoms with Crippen LogP contribution in [-0.4, -0.2) is 47.6 Å². The first kappa shape index (κ1) is 13.1. The molecular weight excluding hydrogens is 250 g/mol. The van der Waals surface area contributed by atoms with E-state index in [1.807, 2.05) is 16.7 Å². The van der Waals surface area contributed by atoms with E-state index in [0.29, 0.717) is 11.3 Å². The highest BCUT2D eigenvalue weighted by Crippen LogP contribution is 2.27. The third kappa shape index (κ3) is 2.90. The van der Waals surface area contributed by atoms with Crippen LogP contribution in [0.3, 0.4) is 0 Å². The Morgan fingerprint density at radius 1 is 1.39 bits per heavy atom. The zero-order valence-corrected chi connectivity index (χ0v) is 11.2. The fourth-order valence-electron chi connectivity index (χ4n) is 1.95. The van der Waals surface area contributed by atoms with Crippen molar-refractivity contribution < 1.29 is 14.6 Å². The second kappa shape index (κ2) is 6.00. The smallest absolute Gasteiger partial charge is 0.254 e. The topological polar surface area (TPSA) is 49.8 Å². The molecule has 0 atom stereocenters. The summed E-state index contributed by atoms with van der Waals surface area (Å²) in [4.78, 5) is 14.1. The summed E-state index contributed by atoms with van der Waals surface area (Å²) in [5, 5.41) is 9.69. The maximum atomic E-state index is 12.3. The summed E-state index contributed by atoms with van der Waals surface area (Å²) < 4.78 is 4.97. The van der Waals surface area contributed by atoms with E-state index in [1.54, 1.807) is 12.1 Å². The van der Waals surface area contributed by atoms with Gasteiger partial charge in [-0.05, 0) is 30.4 Å². The van der Waals surface area contributed by atoms with Crippen LogP contribution in [0.1, 0.15) is 16.8 Å². The van der Waals surface area contributed by atoms with Crippen LogP contribution in [0.4, 0.5) is 0 Å². The number of phenolic OH excluding ortho intramolecular Hbond substituents is 1. The number of methoxy groups -OCH3 is 1. The fourth-order valence-corrected chi connectivity index (χ4v) is 2.84. The van der Waals surface area contributed by atoms with Crippen molar-refractivity contribution in [3.05, 3.63) is 23.8 Å². The van der Waals surface area contributed by atoms with Gasteiger partial charge in [-0.1, -0.05) is 0 Å². The van der Waals surface area contributed by atoms with E-state index in [-0.39, 0.29) is 11.7 Å². The Morgan fingerprint density at radius 3 is 2.94 bits per heavy atom. The van der Waals surface area contributed by atoms with E-state index >= 15 is 0 Å². The van der Waals surface area contributed by atoms with Gasteiger partial charge in [-0.2, -0.15) is 11.8 Å². The summed E-state index contributed by atoms with van der Waals surface area (Å²) in [6, 6.07) is 4.78. The minimum atomic E-state index is -0.0181. The normalized spacial score (nSPS) is 16.2. The zero-order chi connectivity index (χ0) is 13.0. The lowest BCUT2D eigenvalue weighted by atomic mass is 10.1. The van der Waals surface area contributed by atoms with Crippen molar-refractivity contribution in [3.8, 4) is 11.5 Å². The molecule has 1 aliphatic heterocycles. The van der Waals surface area contributed by atoms with Crippen molar-refractivity contribution in [3.63, 3.8) is 0 Å². The van der Waals surface area contributed by atoms with E-state index in [1.165, 1.54) is 13.2 Å². The summed E-state index contributed by atoms with van der Waals surface area (Å²) in [5.41, 5.74) is 0.514. The highest BCUT2D eigenvalue weighted by Gasteiger charge is 2.18. The Hall–Kier alpha value is -1.36. The van der Waals surface area contributed by atoms with Gasteiger partial charge in [0.1, 0.15) is 0 Å². The van der Waals surface area contributed by atoms with Crippen LogP contribution in [0.5, 0.6) is 11.5 Å². The van der Waals surface area contributed by atoms with Gasteiger partial charge in [0.15, 0.2) is 11.5 Å². The minimum Gasteiger partial charge on any atom is -0.504 e. The van der Waals surface area contributed by atoms with Gasteiger partial charge >= 0.3 is 0 Å². The number of amides is 1. The van der Waals surface area contributed by atoms with Crippen LogP contribution in [-0.2, 0) is 0 Å². The first-order valence-corrected chi connectivity index (χ1v) is 7.12. The molecule has 98 valence electrons. The highest BCUT2D eigenvalue weighted by atomic mass is 32.2. The van der Waals surface area contributed by atoms with Crippen LogP contribution in [0, 0.1) is 0 Å². The number of carbonyl (C=O) groups excluding carboxylic acids is 1. The van der Waals surface area contributed by atoms with Gasteiger partial charge in [0.2, 0.25) is 0 Å². The fraction of sp³-hybridized carbons (Fsp3) is 0.462. The van der Waals surface area contributed by atoms with E-state index in [0.717, 1.165) is 31.0 Å². The number of hydrogen-bond acceptors (Lipinski definition) is 4. The predicted octanol–water partition coefficient (Wildman–Crippen LogP) is 1.98. The molecule has 2 rings (SSSR count). The van der Waals surface area contributed by atoms with Crippen LogP contribution in [0.25, 0.3) is 0 Å². The van der Waals surface area contributed by atoms with E-state index in [4.69, 9.17) is 4.74 Å². The molecule has 4 nitrogen and oxygen atoms in total. The average molecular weight is 267 g/mol. The highest BCUT2D eigenvalue weighted by molar-refractivity contribution is 7.99. The van der Waals surface area contributed by atoms with Crippen molar-refractivity contribution in [2.45, 2.75) is 6.42 Å². The molecule has 0 unspecified atom stereocenters. The Labute approximate surface area is 111 Å². The molecule has 1 aliphatic rings. The number of hydrogen-bond donors (Lipinski definition) is 1. The third-order valence-electron chi connectivity index (χ3n) is 2.94. The second-order valence-corrected chi connectivity index (χ2v) is 5.37. The Bertz CT molecular complexity index is 428. The number of phenols is 1. The van der Waals surface area contributed by atoms with Crippen molar-refractivity contribution in [2.24, 2.45) is 0 Å². The third-order valence-corrected chi connectivity index (χ3v) is 3.98. The van der Waals surface area contributed by atoms with Crippen molar-refractivity contribution in [1.82, 2.24) is 4.90 Å². The zero-order valence-electron chi connectivity index (χ0n) is 10.4. The van der Waals surface area contributed by atoms with Crippen LogP contribution < -0.4 is 4.74 Å². The van der Waals surface area contributed by atoms with Crippen LogP contribution >= 0.6 is 11.8 Å². The largest absolute Gasteiger partial charge is 0.504 e. The molecule has 1 aromatic carbocycles. The molecular formula is C13H17NO3S. The van der Waals surface area contributed by atoms with E-state index in [2.05, 4.69) is 0 Å². The second-order valence-electron chi connectivity index (χ2n) is 4.14. The summed E-state index contributed by atoms with van der Waals surface area (Å²) >= 11 is 1.88. The monoisotopic (exact) mass is 267 g/mol. The minimum absolute atomic E-state index is 0.00699. The van der Waals surface area contributed by atoms with Gasteiger partial charge in [-0.25, -0.2) is 0 Å². The lowest BCUT2D eigenvalue weighted by molar-refractivity contribution is 0.0768. The first-order chi connectivity index (χ1) is 8.72. The maximum Gasteiger partial charge on any atom is 0.254 e. The van der Waals surface area contributed by atoms with Crippen molar-refractivity contribution in [2.75, 3.05) is 31.7 Å². The molecule has 0 aliphatic carbocycles. The summed E-state index contributed by atoms with van der Waals surface area (Å²) in [6.45, 7) is 1.56. The van der Waals surface area contributed by atoms with Crippen molar-refractivity contribution in [1.29, 1.82) is 0 Å². The van der Waals surface area contributed by atoms with Gasteiger partial charge < -0.3 is 14.7 Å². The summed E-state index contributed by atoms with van der Waals surface area (Å²) in [7, 11) is 1.49.